The Kier molecular flexibility index (Phi) is 5.40. The average Bonchev–Trinajstić information content (AvgIpc) is 3.11. The summed E-state index contributed by atoms with van der Waals surface area (Å²) in [5, 5.41) is 5.16. The number of carbonyl (C=O) groups excluding carboxylic acids is 1. The number of fused-ring (bicyclic) bond motifs is 1. The number of hydrogen-bond acceptors (Lipinski definition) is 5. The van der Waals surface area contributed by atoms with Gasteiger partial charge in [0.05, 0.1) is 6.20 Å². The van der Waals surface area contributed by atoms with Gasteiger partial charge in [-0.15, -0.1) is 0 Å². The molecule has 0 aliphatic carbocycles. The van der Waals surface area contributed by atoms with E-state index in [9.17, 15) is 22.4 Å². The third-order valence-electron chi connectivity index (χ3n) is 4.49. The van der Waals surface area contributed by atoms with Crippen LogP contribution in [0.4, 0.5) is 23.4 Å². The molecule has 1 amide bonds. The number of nitrogens with one attached hydrogen (secondary N) is 3. The Morgan fingerprint density at radius 2 is 2.03 bits per heavy atom. The summed E-state index contributed by atoms with van der Waals surface area (Å²) < 4.78 is 51.6. The fourth-order valence-electron chi connectivity index (χ4n) is 2.67. The predicted octanol–water partition coefficient (Wildman–Crippen LogP) is 3.42. The number of pyridine rings is 1. The van der Waals surface area contributed by atoms with Crippen LogP contribution in [0.15, 0.2) is 30.7 Å². The number of anilines is 1. The molecule has 3 rings (SSSR count). The van der Waals surface area contributed by atoms with Crippen molar-refractivity contribution in [2.45, 2.75) is 32.0 Å². The summed E-state index contributed by atoms with van der Waals surface area (Å²) in [5.41, 5.74) is -0.356. The molecule has 0 fully saturated rings. The Bertz CT molecular complexity index is 1030. The highest BCUT2D eigenvalue weighted by atomic mass is 19.4. The fraction of sp³-hybridized carbons (Fsp3) is 0.333. The zero-order chi connectivity index (χ0) is 21.2. The second-order valence-corrected chi connectivity index (χ2v) is 6.60. The van der Waals surface area contributed by atoms with Gasteiger partial charge in [0, 0.05) is 23.3 Å². The van der Waals surface area contributed by atoms with Gasteiger partial charge in [-0.3, -0.25) is 4.79 Å². The van der Waals surface area contributed by atoms with Gasteiger partial charge < -0.3 is 15.6 Å². The first kappa shape index (κ1) is 20.5. The summed E-state index contributed by atoms with van der Waals surface area (Å²) in [4.78, 5) is 27.5. The van der Waals surface area contributed by atoms with Gasteiger partial charge in [-0.05, 0) is 25.5 Å². The van der Waals surface area contributed by atoms with Crippen LogP contribution in [0, 0.1) is 5.82 Å². The van der Waals surface area contributed by atoms with Crippen LogP contribution in [-0.2, 0) is 4.79 Å². The lowest BCUT2D eigenvalue weighted by Gasteiger charge is -2.29. The molecule has 3 heterocycles. The van der Waals surface area contributed by atoms with Gasteiger partial charge >= 0.3 is 6.18 Å². The molecule has 3 aromatic rings. The molecule has 11 heteroatoms. The topological polar surface area (TPSA) is 95.6 Å². The molecule has 0 aromatic carbocycles. The van der Waals surface area contributed by atoms with Crippen molar-refractivity contribution in [2.24, 2.45) is 0 Å². The number of halogens is 4. The monoisotopic (exact) mass is 410 g/mol. The third kappa shape index (κ3) is 4.44. The summed E-state index contributed by atoms with van der Waals surface area (Å²) in [7, 11) is 0. The Labute approximate surface area is 163 Å². The lowest BCUT2D eigenvalue weighted by Crippen LogP contribution is -2.52. The second-order valence-electron chi connectivity index (χ2n) is 6.60. The van der Waals surface area contributed by atoms with Crippen molar-refractivity contribution in [2.75, 3.05) is 11.9 Å². The zero-order valence-electron chi connectivity index (χ0n) is 15.6. The molecule has 0 saturated carbocycles. The minimum absolute atomic E-state index is 0.0898. The van der Waals surface area contributed by atoms with E-state index in [1.165, 1.54) is 6.92 Å². The molecule has 0 spiro atoms. The maximum atomic E-state index is 14.3. The molecule has 3 N–H and O–H groups in total. The van der Waals surface area contributed by atoms with Crippen LogP contribution < -0.4 is 10.6 Å². The van der Waals surface area contributed by atoms with E-state index >= 15 is 0 Å². The number of carbonyl (C=O) groups is 1. The maximum absolute atomic E-state index is 14.3. The molecule has 7 nitrogen and oxygen atoms in total. The highest BCUT2D eigenvalue weighted by Gasteiger charge is 2.36. The van der Waals surface area contributed by atoms with E-state index in [1.807, 2.05) is 5.32 Å². The Morgan fingerprint density at radius 3 is 2.72 bits per heavy atom. The van der Waals surface area contributed by atoms with Gasteiger partial charge in [0.2, 0.25) is 5.91 Å². The van der Waals surface area contributed by atoms with E-state index < -0.39 is 30.0 Å². The SMILES string of the molecule is CC[C@@](C)(Nc1nc(-c2c[nH]c3ncccc23)ncc1F)C(=O)NCC(F)(F)F. The van der Waals surface area contributed by atoms with Gasteiger partial charge in [0.25, 0.3) is 0 Å². The third-order valence-corrected chi connectivity index (χ3v) is 4.49. The molecule has 0 bridgehead atoms. The molecule has 154 valence electrons. The first-order valence-electron chi connectivity index (χ1n) is 8.71. The van der Waals surface area contributed by atoms with Crippen molar-refractivity contribution in [3.8, 4) is 11.4 Å². The van der Waals surface area contributed by atoms with Crippen LogP contribution >= 0.6 is 0 Å². The summed E-state index contributed by atoms with van der Waals surface area (Å²) in [6.07, 6.45) is -0.311. The van der Waals surface area contributed by atoms with Crippen LogP contribution in [0.1, 0.15) is 20.3 Å². The molecule has 0 radical (unpaired) electrons. The van der Waals surface area contributed by atoms with Crippen LogP contribution in [0.3, 0.4) is 0 Å². The highest BCUT2D eigenvalue weighted by molar-refractivity contribution is 5.92. The van der Waals surface area contributed by atoms with E-state index in [0.717, 1.165) is 6.20 Å². The van der Waals surface area contributed by atoms with Crippen LogP contribution in [0.25, 0.3) is 22.4 Å². The predicted molar refractivity (Wildman–Crippen MR) is 98.5 cm³/mol. The van der Waals surface area contributed by atoms with E-state index in [4.69, 9.17) is 0 Å². The standard InChI is InChI=1S/C18H18F4N6O/c1-3-17(2,16(29)26-9-18(20,21)22)28-15-12(19)8-25-14(27-15)11-7-24-13-10(11)5-4-6-23-13/h4-8H,3,9H2,1-2H3,(H,23,24)(H,26,29)(H,25,27,28)/t17-/m1/s1. The minimum Gasteiger partial charge on any atom is -0.354 e. The largest absolute Gasteiger partial charge is 0.405 e. The lowest BCUT2D eigenvalue weighted by atomic mass is 9.97. The molecular formula is C18H18F4N6O. The normalized spacial score (nSPS) is 13.9. The first-order valence-corrected chi connectivity index (χ1v) is 8.71. The number of hydrogen-bond donors (Lipinski definition) is 3. The number of amides is 1. The van der Waals surface area contributed by atoms with Crippen molar-refractivity contribution in [3.63, 3.8) is 0 Å². The van der Waals surface area contributed by atoms with E-state index in [1.54, 1.807) is 31.5 Å². The average molecular weight is 410 g/mol. The molecular weight excluding hydrogens is 392 g/mol. The molecule has 0 aliphatic rings. The number of rotatable bonds is 6. The Morgan fingerprint density at radius 1 is 1.28 bits per heavy atom. The van der Waals surface area contributed by atoms with Gasteiger partial charge in [-0.1, -0.05) is 6.92 Å². The van der Waals surface area contributed by atoms with Crippen LogP contribution in [0.2, 0.25) is 0 Å². The maximum Gasteiger partial charge on any atom is 0.405 e. The number of aromatic nitrogens is 4. The van der Waals surface area contributed by atoms with Crippen LogP contribution in [-0.4, -0.2) is 44.1 Å². The van der Waals surface area contributed by atoms with Crippen molar-refractivity contribution in [1.82, 2.24) is 25.3 Å². The lowest BCUT2D eigenvalue weighted by molar-refractivity contribution is -0.140. The number of nitrogens with zero attached hydrogens (tertiary/aromatic N) is 3. The fourth-order valence-corrected chi connectivity index (χ4v) is 2.67. The number of alkyl halides is 3. The van der Waals surface area contributed by atoms with E-state index in [2.05, 4.69) is 25.3 Å². The van der Waals surface area contributed by atoms with Gasteiger partial charge in [0.1, 0.15) is 17.7 Å². The molecule has 0 unspecified atom stereocenters. The van der Waals surface area contributed by atoms with Crippen molar-refractivity contribution in [1.29, 1.82) is 0 Å². The first-order chi connectivity index (χ1) is 13.6. The summed E-state index contributed by atoms with van der Waals surface area (Å²) >= 11 is 0. The summed E-state index contributed by atoms with van der Waals surface area (Å²) in [5.74, 6) is -1.88. The smallest absolute Gasteiger partial charge is 0.354 e. The van der Waals surface area contributed by atoms with Crippen molar-refractivity contribution in [3.05, 3.63) is 36.5 Å². The van der Waals surface area contributed by atoms with Crippen molar-refractivity contribution >= 4 is 22.8 Å². The zero-order valence-corrected chi connectivity index (χ0v) is 15.6. The summed E-state index contributed by atoms with van der Waals surface area (Å²) in [6.45, 7) is 1.48. The number of aromatic amines is 1. The quantitative estimate of drug-likeness (QED) is 0.542. The van der Waals surface area contributed by atoms with Crippen molar-refractivity contribution < 1.29 is 22.4 Å². The summed E-state index contributed by atoms with van der Waals surface area (Å²) in [6, 6.07) is 3.51. The van der Waals surface area contributed by atoms with E-state index in [0.29, 0.717) is 16.6 Å². The highest BCUT2D eigenvalue weighted by Crippen LogP contribution is 2.27. The van der Waals surface area contributed by atoms with Gasteiger partial charge in [-0.25, -0.2) is 19.3 Å². The molecule has 1 atom stereocenters. The Hall–Kier alpha value is -3.24. The number of H-pyrrole nitrogens is 1. The Balaban J connectivity index is 1.90. The van der Waals surface area contributed by atoms with E-state index in [-0.39, 0.29) is 18.1 Å². The molecule has 0 saturated heterocycles. The molecule has 0 aliphatic heterocycles. The second kappa shape index (κ2) is 7.64. The van der Waals surface area contributed by atoms with Crippen LogP contribution in [0.5, 0.6) is 0 Å². The molecule has 3 aromatic heterocycles. The molecule has 29 heavy (non-hydrogen) atoms. The minimum atomic E-state index is -4.55. The van der Waals surface area contributed by atoms with Gasteiger partial charge in [0.15, 0.2) is 17.5 Å². The van der Waals surface area contributed by atoms with Gasteiger partial charge in [-0.2, -0.15) is 13.2 Å².